The van der Waals surface area contributed by atoms with Crippen LogP contribution in [0.25, 0.3) is 10.8 Å². The van der Waals surface area contributed by atoms with Crippen LogP contribution in [0.3, 0.4) is 0 Å². The lowest BCUT2D eigenvalue weighted by atomic mass is 9.97. The van der Waals surface area contributed by atoms with Gasteiger partial charge in [-0.1, -0.05) is 48.0 Å². The van der Waals surface area contributed by atoms with Gasteiger partial charge in [-0.25, -0.2) is 0 Å². The van der Waals surface area contributed by atoms with E-state index in [1.54, 1.807) is 19.2 Å². The average molecular weight is 311 g/mol. The summed E-state index contributed by atoms with van der Waals surface area (Å²) in [6.07, 6.45) is 0.355. The SMILES string of the molecule is COc1ccc(C(=O)Cc2ccc(Cl)cc2)c2ccccc12. The number of carbonyl (C=O) groups excluding carboxylic acids is 1. The highest BCUT2D eigenvalue weighted by molar-refractivity contribution is 6.30. The molecule has 0 aliphatic heterocycles. The Balaban J connectivity index is 1.99. The molecular weight excluding hydrogens is 296 g/mol. The third-order valence-electron chi connectivity index (χ3n) is 3.68. The van der Waals surface area contributed by atoms with E-state index < -0.39 is 0 Å². The van der Waals surface area contributed by atoms with Gasteiger partial charge >= 0.3 is 0 Å². The fourth-order valence-electron chi connectivity index (χ4n) is 2.58. The lowest BCUT2D eigenvalue weighted by molar-refractivity contribution is 0.0994. The summed E-state index contributed by atoms with van der Waals surface area (Å²) in [5.41, 5.74) is 1.67. The lowest BCUT2D eigenvalue weighted by Crippen LogP contribution is -2.04. The molecule has 3 heteroatoms. The molecule has 3 aromatic rings. The number of ether oxygens (including phenoxy) is 1. The van der Waals surface area contributed by atoms with E-state index in [2.05, 4.69) is 0 Å². The topological polar surface area (TPSA) is 26.3 Å². The van der Waals surface area contributed by atoms with Crippen molar-refractivity contribution in [2.24, 2.45) is 0 Å². The van der Waals surface area contributed by atoms with Gasteiger partial charge in [0.05, 0.1) is 7.11 Å². The van der Waals surface area contributed by atoms with Gasteiger partial charge in [-0.3, -0.25) is 4.79 Å². The van der Waals surface area contributed by atoms with E-state index in [0.29, 0.717) is 17.0 Å². The summed E-state index contributed by atoms with van der Waals surface area (Å²) in [5.74, 6) is 0.861. The second-order valence-electron chi connectivity index (χ2n) is 5.09. The highest BCUT2D eigenvalue weighted by Gasteiger charge is 2.13. The van der Waals surface area contributed by atoms with Gasteiger partial charge in [-0.05, 0) is 35.2 Å². The molecule has 0 heterocycles. The van der Waals surface area contributed by atoms with Crippen molar-refractivity contribution in [1.82, 2.24) is 0 Å². The molecule has 0 atom stereocenters. The van der Waals surface area contributed by atoms with E-state index in [9.17, 15) is 4.79 Å². The van der Waals surface area contributed by atoms with E-state index in [0.717, 1.165) is 22.1 Å². The molecule has 22 heavy (non-hydrogen) atoms. The van der Waals surface area contributed by atoms with Crippen LogP contribution in [0.15, 0.2) is 60.7 Å². The summed E-state index contributed by atoms with van der Waals surface area (Å²) < 4.78 is 5.37. The van der Waals surface area contributed by atoms with E-state index in [1.165, 1.54) is 0 Å². The number of hydrogen-bond donors (Lipinski definition) is 0. The number of fused-ring (bicyclic) bond motifs is 1. The summed E-state index contributed by atoms with van der Waals surface area (Å²) in [7, 11) is 1.64. The largest absolute Gasteiger partial charge is 0.496 e. The summed E-state index contributed by atoms with van der Waals surface area (Å²) in [4.78, 5) is 12.6. The van der Waals surface area contributed by atoms with Gasteiger partial charge in [0.1, 0.15) is 5.75 Å². The molecule has 0 aromatic heterocycles. The van der Waals surface area contributed by atoms with Crippen molar-refractivity contribution in [3.8, 4) is 5.75 Å². The van der Waals surface area contributed by atoms with E-state index in [4.69, 9.17) is 16.3 Å². The van der Waals surface area contributed by atoms with Gasteiger partial charge in [0.15, 0.2) is 5.78 Å². The quantitative estimate of drug-likeness (QED) is 0.639. The Morgan fingerprint density at radius 1 is 0.955 bits per heavy atom. The molecule has 0 aliphatic carbocycles. The van der Waals surface area contributed by atoms with Crippen molar-refractivity contribution in [1.29, 1.82) is 0 Å². The zero-order chi connectivity index (χ0) is 15.5. The molecule has 0 aliphatic rings. The lowest BCUT2D eigenvalue weighted by Gasteiger charge is -2.10. The number of carbonyl (C=O) groups is 1. The van der Waals surface area contributed by atoms with Crippen LogP contribution in [0.5, 0.6) is 5.75 Å². The van der Waals surface area contributed by atoms with Crippen LogP contribution in [0, 0.1) is 0 Å². The molecule has 0 saturated heterocycles. The zero-order valence-corrected chi connectivity index (χ0v) is 12.9. The number of ketones is 1. The number of rotatable bonds is 4. The first kappa shape index (κ1) is 14.6. The van der Waals surface area contributed by atoms with E-state index in [-0.39, 0.29) is 5.78 Å². The Labute approximate surface area is 134 Å². The Morgan fingerprint density at radius 2 is 1.64 bits per heavy atom. The number of halogens is 1. The van der Waals surface area contributed by atoms with E-state index in [1.807, 2.05) is 48.5 Å². The molecule has 0 amide bonds. The third-order valence-corrected chi connectivity index (χ3v) is 3.93. The molecule has 0 saturated carbocycles. The Bertz CT molecular complexity index is 822. The minimum Gasteiger partial charge on any atom is -0.496 e. The standard InChI is InChI=1S/C19H15ClO2/c1-22-19-11-10-16(15-4-2-3-5-17(15)19)18(21)12-13-6-8-14(20)9-7-13/h2-11H,12H2,1H3. The van der Waals surface area contributed by atoms with Gasteiger partial charge in [-0.2, -0.15) is 0 Å². The maximum absolute atomic E-state index is 12.6. The summed E-state index contributed by atoms with van der Waals surface area (Å²) in [6, 6.07) is 18.8. The molecule has 2 nitrogen and oxygen atoms in total. The Kier molecular flexibility index (Phi) is 4.12. The van der Waals surface area contributed by atoms with Crippen molar-refractivity contribution in [2.75, 3.05) is 7.11 Å². The highest BCUT2D eigenvalue weighted by Crippen LogP contribution is 2.29. The number of Topliss-reactive ketones (excluding diaryl/α,β-unsaturated/α-hetero) is 1. The molecule has 3 aromatic carbocycles. The van der Waals surface area contributed by atoms with Crippen LogP contribution in [0.4, 0.5) is 0 Å². The minimum absolute atomic E-state index is 0.0844. The minimum atomic E-state index is 0.0844. The smallest absolute Gasteiger partial charge is 0.167 e. The summed E-state index contributed by atoms with van der Waals surface area (Å²) >= 11 is 5.88. The molecule has 3 rings (SSSR count). The Hall–Kier alpha value is -2.32. The Morgan fingerprint density at radius 3 is 2.32 bits per heavy atom. The molecule has 0 fully saturated rings. The van der Waals surface area contributed by atoms with Gasteiger partial charge < -0.3 is 4.74 Å². The van der Waals surface area contributed by atoms with Gasteiger partial charge in [0.25, 0.3) is 0 Å². The van der Waals surface area contributed by atoms with Crippen LogP contribution in [0.2, 0.25) is 5.02 Å². The van der Waals surface area contributed by atoms with Gasteiger partial charge in [0, 0.05) is 22.4 Å². The first-order chi connectivity index (χ1) is 10.7. The summed E-state index contributed by atoms with van der Waals surface area (Å²) in [5, 5.41) is 2.54. The number of hydrogen-bond acceptors (Lipinski definition) is 2. The normalized spacial score (nSPS) is 10.6. The first-order valence-corrected chi connectivity index (χ1v) is 7.40. The van der Waals surface area contributed by atoms with Crippen molar-refractivity contribution in [3.05, 3.63) is 76.8 Å². The maximum atomic E-state index is 12.6. The van der Waals surface area contributed by atoms with Gasteiger partial charge in [0.2, 0.25) is 0 Å². The van der Waals surface area contributed by atoms with Crippen LogP contribution >= 0.6 is 11.6 Å². The highest BCUT2D eigenvalue weighted by atomic mass is 35.5. The molecule has 0 spiro atoms. The van der Waals surface area contributed by atoms with Crippen molar-refractivity contribution >= 4 is 28.2 Å². The summed E-state index contributed by atoms with van der Waals surface area (Å²) in [6.45, 7) is 0. The number of methoxy groups -OCH3 is 1. The van der Waals surface area contributed by atoms with Crippen LogP contribution in [-0.4, -0.2) is 12.9 Å². The van der Waals surface area contributed by atoms with Crippen molar-refractivity contribution in [3.63, 3.8) is 0 Å². The predicted octanol–water partition coefficient (Wildman–Crippen LogP) is 4.93. The second kappa shape index (κ2) is 6.20. The van der Waals surface area contributed by atoms with E-state index >= 15 is 0 Å². The zero-order valence-electron chi connectivity index (χ0n) is 12.2. The monoisotopic (exact) mass is 310 g/mol. The first-order valence-electron chi connectivity index (χ1n) is 7.02. The fourth-order valence-corrected chi connectivity index (χ4v) is 2.70. The van der Waals surface area contributed by atoms with Crippen molar-refractivity contribution in [2.45, 2.75) is 6.42 Å². The van der Waals surface area contributed by atoms with Gasteiger partial charge in [-0.15, -0.1) is 0 Å². The maximum Gasteiger partial charge on any atom is 0.167 e. The predicted molar refractivity (Wildman–Crippen MR) is 90.0 cm³/mol. The third kappa shape index (κ3) is 2.83. The average Bonchev–Trinajstić information content (AvgIpc) is 2.56. The van der Waals surface area contributed by atoms with Crippen molar-refractivity contribution < 1.29 is 9.53 Å². The second-order valence-corrected chi connectivity index (χ2v) is 5.52. The molecule has 0 bridgehead atoms. The molecule has 0 unspecified atom stereocenters. The van der Waals surface area contributed by atoms with Crippen LogP contribution < -0.4 is 4.74 Å². The fraction of sp³-hybridized carbons (Fsp3) is 0.105. The van der Waals surface area contributed by atoms with Crippen LogP contribution in [0.1, 0.15) is 15.9 Å². The molecular formula is C19H15ClO2. The number of benzene rings is 3. The molecule has 110 valence electrons. The molecule has 0 radical (unpaired) electrons. The molecule has 0 N–H and O–H groups in total. The van der Waals surface area contributed by atoms with Crippen LogP contribution in [-0.2, 0) is 6.42 Å².